The molecular weight excluding hydrogens is 429 g/mol. The van der Waals surface area contributed by atoms with Crippen molar-refractivity contribution in [2.75, 3.05) is 0 Å². The molecule has 0 radical (unpaired) electrons. The number of halogens is 1. The number of hydrogen-bond donors (Lipinski definition) is 0. The number of pyridine rings is 2. The molecule has 0 saturated carbocycles. The molecule has 0 unspecified atom stereocenters. The van der Waals surface area contributed by atoms with Gasteiger partial charge in [0.15, 0.2) is 6.20 Å². The van der Waals surface area contributed by atoms with E-state index in [2.05, 4.69) is 17.1 Å². The lowest BCUT2D eigenvalue weighted by atomic mass is 10.1. The summed E-state index contributed by atoms with van der Waals surface area (Å²) in [6, 6.07) is 18.9. The molecule has 0 bridgehead atoms. The highest BCUT2D eigenvalue weighted by molar-refractivity contribution is 5.89. The van der Waals surface area contributed by atoms with Crippen LogP contribution in [0.25, 0.3) is 33.1 Å². The number of nitrogens with zero attached hydrogens (tertiary/aromatic N) is 3. The summed E-state index contributed by atoms with van der Waals surface area (Å²) in [6.07, 6.45) is 1.99. The zero-order valence-corrected chi connectivity index (χ0v) is 15.5. The van der Waals surface area contributed by atoms with Gasteiger partial charge in [-0.15, -0.1) is 0 Å². The van der Waals surface area contributed by atoms with Crippen molar-refractivity contribution in [3.05, 3.63) is 77.0 Å². The van der Waals surface area contributed by atoms with E-state index in [1.54, 1.807) is 6.07 Å². The zero-order valence-electron chi connectivity index (χ0n) is 13.4. The Morgan fingerprint density at radius 2 is 1.76 bits per heavy atom. The molecule has 0 aliphatic heterocycles. The standard InChI is InChI=1S/C19H14N3O2.HI/c1-21-12-15(11-14-5-2-3-7-17(14)21)16-10-9-13-6-4-8-18(22(23)24)19(13)20-16;/h2-12H,1H3;1H/q+1;/p-1. The van der Waals surface area contributed by atoms with Crippen LogP contribution in [-0.4, -0.2) is 9.91 Å². The van der Waals surface area contributed by atoms with E-state index < -0.39 is 0 Å². The van der Waals surface area contributed by atoms with Gasteiger partial charge >= 0.3 is 0 Å². The van der Waals surface area contributed by atoms with Crippen molar-refractivity contribution in [1.29, 1.82) is 0 Å². The van der Waals surface area contributed by atoms with Gasteiger partial charge in [-0.1, -0.05) is 30.3 Å². The van der Waals surface area contributed by atoms with Crippen LogP contribution in [0.4, 0.5) is 5.69 Å². The predicted octanol–water partition coefficient (Wildman–Crippen LogP) is 0.792. The molecule has 0 N–H and O–H groups in total. The first-order chi connectivity index (χ1) is 11.6. The van der Waals surface area contributed by atoms with Gasteiger partial charge in [-0.2, -0.15) is 0 Å². The molecule has 5 nitrogen and oxygen atoms in total. The second kappa shape index (κ2) is 6.72. The monoisotopic (exact) mass is 443 g/mol. The summed E-state index contributed by atoms with van der Waals surface area (Å²) < 4.78 is 2.04. The van der Waals surface area contributed by atoms with Gasteiger partial charge < -0.3 is 24.0 Å². The number of benzene rings is 2. The van der Waals surface area contributed by atoms with Crippen molar-refractivity contribution in [2.45, 2.75) is 0 Å². The largest absolute Gasteiger partial charge is 1.00 e. The normalized spacial score (nSPS) is 10.6. The minimum atomic E-state index is -0.389. The van der Waals surface area contributed by atoms with Crippen LogP contribution in [0.1, 0.15) is 0 Å². The van der Waals surface area contributed by atoms with Crippen molar-refractivity contribution >= 4 is 27.5 Å². The fourth-order valence-electron chi connectivity index (χ4n) is 2.99. The molecule has 0 aliphatic rings. The molecule has 0 aliphatic carbocycles. The van der Waals surface area contributed by atoms with E-state index in [9.17, 15) is 10.1 Å². The average molecular weight is 443 g/mol. The molecule has 0 spiro atoms. The highest BCUT2D eigenvalue weighted by atomic mass is 127. The predicted molar refractivity (Wildman–Crippen MR) is 92.5 cm³/mol. The fourth-order valence-corrected chi connectivity index (χ4v) is 2.99. The van der Waals surface area contributed by atoms with Gasteiger partial charge in [0.1, 0.15) is 12.6 Å². The van der Waals surface area contributed by atoms with Crippen LogP contribution in [0.5, 0.6) is 0 Å². The quantitative estimate of drug-likeness (QED) is 0.199. The minimum absolute atomic E-state index is 0. The van der Waals surface area contributed by atoms with Gasteiger partial charge in [-0.3, -0.25) is 10.1 Å². The van der Waals surface area contributed by atoms with Crippen LogP contribution >= 0.6 is 0 Å². The molecule has 2 aromatic carbocycles. The second-order valence-electron chi connectivity index (χ2n) is 5.70. The van der Waals surface area contributed by atoms with Gasteiger partial charge in [-0.25, -0.2) is 9.55 Å². The molecule has 0 saturated heterocycles. The lowest BCUT2D eigenvalue weighted by Crippen LogP contribution is -3.00. The van der Waals surface area contributed by atoms with Crippen LogP contribution in [0, 0.1) is 10.1 Å². The molecule has 25 heavy (non-hydrogen) atoms. The number of hydrogen-bond acceptors (Lipinski definition) is 3. The van der Waals surface area contributed by atoms with E-state index in [1.807, 2.05) is 54.2 Å². The first kappa shape index (κ1) is 17.2. The van der Waals surface area contributed by atoms with Crippen LogP contribution < -0.4 is 28.5 Å². The average Bonchev–Trinajstić information content (AvgIpc) is 2.60. The van der Waals surface area contributed by atoms with Gasteiger partial charge in [0.2, 0.25) is 5.52 Å². The lowest BCUT2D eigenvalue weighted by molar-refractivity contribution is -0.644. The van der Waals surface area contributed by atoms with E-state index in [0.717, 1.165) is 27.5 Å². The Hall–Kier alpha value is -2.61. The van der Waals surface area contributed by atoms with E-state index in [0.29, 0.717) is 5.52 Å². The lowest BCUT2D eigenvalue weighted by Gasteiger charge is -2.05. The molecule has 124 valence electrons. The number of aromatic nitrogens is 2. The maximum atomic E-state index is 11.3. The first-order valence-electron chi connectivity index (χ1n) is 7.56. The Kier molecular flexibility index (Phi) is 4.63. The highest BCUT2D eigenvalue weighted by Gasteiger charge is 2.15. The fraction of sp³-hybridized carbons (Fsp3) is 0.0526. The van der Waals surface area contributed by atoms with E-state index in [1.165, 1.54) is 6.07 Å². The number of non-ortho nitro benzene ring substituents is 1. The third-order valence-corrected chi connectivity index (χ3v) is 4.15. The first-order valence-corrected chi connectivity index (χ1v) is 7.56. The summed E-state index contributed by atoms with van der Waals surface area (Å²) in [5, 5.41) is 13.1. The van der Waals surface area contributed by atoms with Crippen LogP contribution in [0.2, 0.25) is 0 Å². The molecule has 0 atom stereocenters. The maximum Gasteiger partial charge on any atom is 0.295 e. The van der Waals surface area contributed by atoms with Gasteiger partial charge in [0.25, 0.3) is 5.69 Å². The maximum absolute atomic E-state index is 11.3. The Labute approximate surface area is 161 Å². The summed E-state index contributed by atoms with van der Waals surface area (Å²) >= 11 is 0. The molecule has 6 heteroatoms. The summed E-state index contributed by atoms with van der Waals surface area (Å²) in [7, 11) is 1.98. The van der Waals surface area contributed by atoms with Crippen molar-refractivity contribution in [2.24, 2.45) is 7.05 Å². The van der Waals surface area contributed by atoms with Gasteiger partial charge in [0, 0.05) is 22.9 Å². The van der Waals surface area contributed by atoms with Gasteiger partial charge in [-0.05, 0) is 18.2 Å². The van der Waals surface area contributed by atoms with Crippen molar-refractivity contribution in [3.63, 3.8) is 0 Å². The van der Waals surface area contributed by atoms with E-state index >= 15 is 0 Å². The van der Waals surface area contributed by atoms with E-state index in [-0.39, 0.29) is 34.6 Å². The molecule has 4 rings (SSSR count). The smallest absolute Gasteiger partial charge is 0.295 e. The SMILES string of the molecule is C[n+]1cc(-c2ccc3cccc([N+](=O)[O-])c3n2)cc2ccccc21.[I-]. The molecular formula is C19H14IN3O2. The summed E-state index contributed by atoms with van der Waals surface area (Å²) in [6.45, 7) is 0. The number of fused-ring (bicyclic) bond motifs is 2. The summed E-state index contributed by atoms with van der Waals surface area (Å²) in [5.74, 6) is 0. The van der Waals surface area contributed by atoms with Crippen LogP contribution in [0.3, 0.4) is 0 Å². The second-order valence-corrected chi connectivity index (χ2v) is 5.70. The van der Waals surface area contributed by atoms with E-state index in [4.69, 9.17) is 0 Å². The summed E-state index contributed by atoms with van der Waals surface area (Å²) in [5.41, 5.74) is 3.21. The number of aryl methyl sites for hydroxylation is 1. The van der Waals surface area contributed by atoms with Crippen molar-refractivity contribution in [1.82, 2.24) is 4.98 Å². The third-order valence-electron chi connectivity index (χ3n) is 4.15. The molecule has 2 heterocycles. The highest BCUT2D eigenvalue weighted by Crippen LogP contribution is 2.27. The Morgan fingerprint density at radius 3 is 2.56 bits per heavy atom. The molecule has 0 fully saturated rings. The minimum Gasteiger partial charge on any atom is -1.00 e. The Morgan fingerprint density at radius 1 is 1.00 bits per heavy atom. The topological polar surface area (TPSA) is 59.9 Å². The number of para-hydroxylation sites is 2. The number of nitro benzene ring substituents is 1. The van der Waals surface area contributed by atoms with Crippen LogP contribution in [-0.2, 0) is 7.05 Å². The van der Waals surface area contributed by atoms with Crippen LogP contribution in [0.15, 0.2) is 66.9 Å². The van der Waals surface area contributed by atoms with Crippen molar-refractivity contribution < 1.29 is 33.5 Å². The molecule has 0 amide bonds. The molecule has 2 aromatic heterocycles. The van der Waals surface area contributed by atoms with Gasteiger partial charge in [0.05, 0.1) is 16.2 Å². The third kappa shape index (κ3) is 3.05. The Bertz CT molecular complexity index is 1110. The summed E-state index contributed by atoms with van der Waals surface area (Å²) in [4.78, 5) is 15.4. The van der Waals surface area contributed by atoms with Crippen molar-refractivity contribution in [3.8, 4) is 11.3 Å². The Balaban J connectivity index is 0.00000182. The zero-order chi connectivity index (χ0) is 16.7. The molecule has 4 aromatic rings. The number of nitro groups is 1. The number of rotatable bonds is 2.